The van der Waals surface area contributed by atoms with Crippen LogP contribution in [0.5, 0.6) is 0 Å². The van der Waals surface area contributed by atoms with Gasteiger partial charge in [0.2, 0.25) is 5.91 Å². The lowest BCUT2D eigenvalue weighted by atomic mass is 10.0. The minimum atomic E-state index is -4.70. The summed E-state index contributed by atoms with van der Waals surface area (Å²) in [4.78, 5) is 40.2. The lowest BCUT2D eigenvalue weighted by Crippen LogP contribution is -2.47. The normalized spacial score (nSPS) is 13.7. The first-order valence-corrected chi connectivity index (χ1v) is 39.4. The first-order valence-electron chi connectivity index (χ1n) is 37.9. The molecule has 0 aliphatic rings. The molecule has 0 radical (unpaired) electrons. The van der Waals surface area contributed by atoms with E-state index < -0.39 is 20.0 Å². The van der Waals surface area contributed by atoms with Crippen molar-refractivity contribution < 1.29 is 37.3 Å². The zero-order valence-electron chi connectivity index (χ0n) is 58.7. The number of likely N-dealkylation sites (N-methyl/N-ethyl adjacent to an activating group) is 1. The summed E-state index contributed by atoms with van der Waals surface area (Å²) in [6.07, 6.45) is 85.4. The third kappa shape index (κ3) is 68.2. The summed E-state index contributed by atoms with van der Waals surface area (Å²) in [5.41, 5.74) is 0. The maximum absolute atomic E-state index is 13.6. The highest BCUT2D eigenvalue weighted by Crippen LogP contribution is 2.38. The van der Waals surface area contributed by atoms with E-state index >= 15 is 0 Å². The first-order chi connectivity index (χ1) is 42.4. The van der Waals surface area contributed by atoms with Gasteiger partial charge in [-0.2, -0.15) is 0 Å². The number of hydrogen-bond donors (Lipinski definition) is 1. The molecule has 1 N–H and O–H groups in total. The number of unbranched alkanes of at least 4 members (excludes halogenated alkanes) is 48. The highest BCUT2D eigenvalue weighted by molar-refractivity contribution is 7.45. The summed E-state index contributed by atoms with van der Waals surface area (Å²) >= 11 is 0. The first kappa shape index (κ1) is 85.0. The van der Waals surface area contributed by atoms with Gasteiger partial charge in [0.1, 0.15) is 19.3 Å². The van der Waals surface area contributed by atoms with Crippen molar-refractivity contribution in [2.45, 2.75) is 392 Å². The molecule has 0 aromatic carbocycles. The summed E-state index contributed by atoms with van der Waals surface area (Å²) in [5, 5.41) is 3.05. The van der Waals surface area contributed by atoms with Crippen LogP contribution >= 0.6 is 7.82 Å². The number of amides is 1. The van der Waals surface area contributed by atoms with Crippen molar-refractivity contribution in [2.75, 3.05) is 40.9 Å². The Morgan fingerprint density at radius 3 is 1.07 bits per heavy atom. The van der Waals surface area contributed by atoms with E-state index in [4.69, 9.17) is 13.8 Å². The number of carbonyl (C=O) groups excluding carboxylic acids is 2. The molecule has 0 rings (SSSR count). The van der Waals surface area contributed by atoms with E-state index in [1.54, 1.807) is 0 Å². The van der Waals surface area contributed by atoms with Crippen LogP contribution in [0.15, 0.2) is 48.6 Å². The van der Waals surface area contributed by atoms with Gasteiger partial charge >= 0.3 is 5.97 Å². The highest BCUT2D eigenvalue weighted by atomic mass is 31.2. The van der Waals surface area contributed by atoms with Gasteiger partial charge in [-0.15, -0.1) is 0 Å². The van der Waals surface area contributed by atoms with Crippen LogP contribution in [-0.4, -0.2) is 69.4 Å². The fourth-order valence-corrected chi connectivity index (χ4v) is 12.1. The predicted molar refractivity (Wildman–Crippen MR) is 376 cm³/mol. The van der Waals surface area contributed by atoms with E-state index in [9.17, 15) is 19.0 Å². The van der Waals surface area contributed by atoms with Crippen molar-refractivity contribution in [3.05, 3.63) is 48.6 Å². The van der Waals surface area contributed by atoms with Crippen LogP contribution in [0, 0.1) is 0 Å². The van der Waals surface area contributed by atoms with Crippen LogP contribution in [-0.2, 0) is 27.9 Å². The van der Waals surface area contributed by atoms with E-state index in [1.807, 2.05) is 33.3 Å². The summed E-state index contributed by atoms with van der Waals surface area (Å²) in [6.45, 7) is 6.87. The zero-order valence-corrected chi connectivity index (χ0v) is 59.6. The van der Waals surface area contributed by atoms with Gasteiger partial charge in [0.05, 0.1) is 33.8 Å². The van der Waals surface area contributed by atoms with Gasteiger partial charge < -0.3 is 28.5 Å². The Morgan fingerprint density at radius 1 is 0.402 bits per heavy atom. The number of carbonyl (C=O) groups is 2. The van der Waals surface area contributed by atoms with E-state index in [1.165, 1.54) is 283 Å². The van der Waals surface area contributed by atoms with Crippen molar-refractivity contribution in [1.82, 2.24) is 5.32 Å². The second-order valence-electron chi connectivity index (χ2n) is 27.1. The minimum absolute atomic E-state index is 0.0201. The molecule has 1 amide bonds. The molecule has 87 heavy (non-hydrogen) atoms. The lowest BCUT2D eigenvalue weighted by Gasteiger charge is -2.30. The maximum atomic E-state index is 13.6. The van der Waals surface area contributed by atoms with Crippen molar-refractivity contribution in [3.8, 4) is 0 Å². The molecule has 0 fully saturated rings. The quantitative estimate of drug-likeness (QED) is 0.0212. The van der Waals surface area contributed by atoms with Gasteiger partial charge in [0.25, 0.3) is 7.82 Å². The number of rotatable bonds is 70. The molecule has 3 unspecified atom stereocenters. The fourth-order valence-electron chi connectivity index (χ4n) is 11.4. The molecule has 0 aliphatic heterocycles. The topological polar surface area (TPSA) is 114 Å². The molecular formula is C77H147N2O7P. The van der Waals surface area contributed by atoms with Crippen molar-refractivity contribution >= 4 is 19.7 Å². The number of allylic oxidation sites excluding steroid dienone is 7. The zero-order chi connectivity index (χ0) is 63.5. The molecule has 512 valence electrons. The molecule has 0 saturated carbocycles. The summed E-state index contributed by atoms with van der Waals surface area (Å²) < 4.78 is 30.5. The number of nitrogens with zero attached hydrogens (tertiary/aromatic N) is 1. The van der Waals surface area contributed by atoms with Gasteiger partial charge in [0, 0.05) is 12.8 Å². The van der Waals surface area contributed by atoms with Gasteiger partial charge in [-0.05, 0) is 89.5 Å². The third-order valence-corrected chi connectivity index (χ3v) is 18.2. The Bertz CT molecular complexity index is 1620. The van der Waals surface area contributed by atoms with Crippen LogP contribution < -0.4 is 10.2 Å². The average molecular weight is 1240 g/mol. The van der Waals surface area contributed by atoms with Gasteiger partial charge in [-0.3, -0.25) is 14.2 Å². The smallest absolute Gasteiger partial charge is 0.306 e. The van der Waals surface area contributed by atoms with Gasteiger partial charge in [-0.25, -0.2) is 0 Å². The SMILES string of the molecule is CCCCC/C=C\C/C=C\CCCCCCCCCCCCCCCCCCCC(=O)NC(COP(=O)([O-])OCC[N+](C)(C)C)C(/C=C\CCCCCCCCCCC)OC(=O)CCCCCCCCCCCCCCC/C=C/CCCCCCCC. The summed E-state index contributed by atoms with van der Waals surface area (Å²) in [5.74, 6) is -0.522. The number of ether oxygens (including phenoxy) is 1. The van der Waals surface area contributed by atoms with E-state index in [-0.39, 0.29) is 31.5 Å². The molecule has 0 aromatic heterocycles. The molecule has 9 nitrogen and oxygen atoms in total. The molecular weight excluding hydrogens is 1100 g/mol. The van der Waals surface area contributed by atoms with E-state index in [2.05, 4.69) is 62.5 Å². The second-order valence-corrected chi connectivity index (χ2v) is 28.6. The van der Waals surface area contributed by atoms with Crippen molar-refractivity contribution in [2.24, 2.45) is 0 Å². The Hall–Kier alpha value is -2.03. The monoisotopic (exact) mass is 1240 g/mol. The van der Waals surface area contributed by atoms with Crippen molar-refractivity contribution in [3.63, 3.8) is 0 Å². The second kappa shape index (κ2) is 66.9. The number of esters is 1. The molecule has 0 aliphatic carbocycles. The Kier molecular flexibility index (Phi) is 65.3. The van der Waals surface area contributed by atoms with E-state index in [0.717, 1.165) is 64.2 Å². The highest BCUT2D eigenvalue weighted by Gasteiger charge is 2.27. The number of phosphoric acid groups is 1. The van der Waals surface area contributed by atoms with Crippen molar-refractivity contribution in [1.29, 1.82) is 0 Å². The van der Waals surface area contributed by atoms with Gasteiger partial charge in [0.15, 0.2) is 0 Å². The predicted octanol–water partition coefficient (Wildman–Crippen LogP) is 23.7. The van der Waals surface area contributed by atoms with Crippen LogP contribution in [0.2, 0.25) is 0 Å². The van der Waals surface area contributed by atoms with Crippen LogP contribution in [0.3, 0.4) is 0 Å². The number of quaternary nitrogens is 1. The Labute approximate surface area is 541 Å². The Morgan fingerprint density at radius 2 is 0.701 bits per heavy atom. The molecule has 0 heterocycles. The average Bonchev–Trinajstić information content (AvgIpc) is 3.70. The third-order valence-electron chi connectivity index (χ3n) is 17.2. The molecule has 3 atom stereocenters. The van der Waals surface area contributed by atoms with Crippen LogP contribution in [0.1, 0.15) is 380 Å². The summed E-state index contributed by atoms with van der Waals surface area (Å²) in [7, 11) is 1.20. The lowest BCUT2D eigenvalue weighted by molar-refractivity contribution is -0.870. The van der Waals surface area contributed by atoms with E-state index in [0.29, 0.717) is 17.4 Å². The number of hydrogen-bond acceptors (Lipinski definition) is 7. The molecule has 0 saturated heterocycles. The van der Waals surface area contributed by atoms with Crippen LogP contribution in [0.25, 0.3) is 0 Å². The maximum Gasteiger partial charge on any atom is 0.306 e. The fraction of sp³-hybridized carbons (Fsp3) is 0.870. The summed E-state index contributed by atoms with van der Waals surface area (Å²) in [6, 6.07) is -0.887. The number of phosphoric ester groups is 1. The minimum Gasteiger partial charge on any atom is -0.756 e. The standard InChI is InChI=1S/C77H147N2O7P/c1-7-10-13-16-19-22-25-27-29-31-33-35-37-38-39-40-42-43-45-47-49-51-54-57-60-63-66-69-76(80)78-74(73-85-87(82,83)84-72-71-79(4,5)6)75(68-65-62-59-56-53-24-21-18-15-12-9-3)86-77(81)70-67-64-61-58-55-52-50-48-46-44-41-36-34-32-30-28-26-23-20-17-14-11-8-2/h19,22,27-30,65,68,74-75H,7-18,20-21,23-26,31-64,66-67,69-73H2,1-6H3,(H-,78,80,82,83)/b22-19-,29-27-,30-28+,68-65-. The Balaban J connectivity index is 4.90. The molecule has 10 heteroatoms. The van der Waals surface area contributed by atoms with Crippen LogP contribution in [0.4, 0.5) is 0 Å². The molecule has 0 bridgehead atoms. The largest absolute Gasteiger partial charge is 0.756 e. The molecule has 0 spiro atoms. The van der Waals surface area contributed by atoms with Gasteiger partial charge in [-0.1, -0.05) is 327 Å². The number of nitrogens with one attached hydrogen (secondary N) is 1. The molecule has 0 aromatic rings.